The van der Waals surface area contributed by atoms with E-state index >= 15 is 0 Å². The Bertz CT molecular complexity index is 434. The Hall–Kier alpha value is -2.11. The van der Waals surface area contributed by atoms with Gasteiger partial charge in [-0.3, -0.25) is 9.59 Å². The molecule has 0 spiro atoms. The van der Waals surface area contributed by atoms with Gasteiger partial charge in [0, 0.05) is 0 Å². The second kappa shape index (κ2) is 4.61. The number of carboxylic acid groups (broad SMARTS) is 1. The minimum absolute atomic E-state index is 0.0758. The second-order valence-corrected chi connectivity index (χ2v) is 3.23. The van der Waals surface area contributed by atoms with Crippen LogP contribution < -0.4 is 11.1 Å². The Morgan fingerprint density at radius 2 is 2.12 bits per heavy atom. The lowest BCUT2D eigenvalue weighted by Gasteiger charge is -2.10. The quantitative estimate of drug-likeness (QED) is 0.658. The molecule has 1 rings (SSSR count). The maximum Gasteiger partial charge on any atom is 0.325 e. The van der Waals surface area contributed by atoms with E-state index in [0.29, 0.717) is 0 Å². The number of carbonyl (C=O) groups excluding carboxylic acids is 1. The fourth-order valence-corrected chi connectivity index (χ4v) is 1.07. The zero-order chi connectivity index (χ0) is 12.3. The lowest BCUT2D eigenvalue weighted by molar-refractivity contribution is -0.138. The Labute approximate surface area is 91.1 Å². The highest BCUT2D eigenvalue weighted by Gasteiger charge is 2.18. The summed E-state index contributed by atoms with van der Waals surface area (Å²) >= 11 is 0. The highest BCUT2D eigenvalue weighted by molar-refractivity contribution is 6.00. The van der Waals surface area contributed by atoms with Crippen molar-refractivity contribution in [2.24, 2.45) is 0 Å². The van der Waals surface area contributed by atoms with Crippen molar-refractivity contribution in [2.75, 3.05) is 5.73 Å². The van der Waals surface area contributed by atoms with Crippen molar-refractivity contribution in [2.45, 2.75) is 13.0 Å². The van der Waals surface area contributed by atoms with Crippen LogP contribution in [-0.4, -0.2) is 23.0 Å². The summed E-state index contributed by atoms with van der Waals surface area (Å²) in [6.07, 6.45) is 0. The summed E-state index contributed by atoms with van der Waals surface area (Å²) in [6.45, 7) is 1.30. The molecular weight excluding hydrogens is 215 g/mol. The van der Waals surface area contributed by atoms with Gasteiger partial charge < -0.3 is 16.2 Å². The van der Waals surface area contributed by atoms with Crippen LogP contribution in [0.3, 0.4) is 0 Å². The molecule has 0 bridgehead atoms. The van der Waals surface area contributed by atoms with Gasteiger partial charge >= 0.3 is 5.97 Å². The molecule has 1 aromatic carbocycles. The third kappa shape index (κ3) is 2.47. The molecular formula is C10H11FN2O3. The molecule has 1 atom stereocenters. The van der Waals surface area contributed by atoms with Crippen molar-refractivity contribution in [1.82, 2.24) is 5.32 Å². The fourth-order valence-electron chi connectivity index (χ4n) is 1.07. The van der Waals surface area contributed by atoms with Crippen LogP contribution in [-0.2, 0) is 4.79 Å². The highest BCUT2D eigenvalue weighted by atomic mass is 19.1. The largest absolute Gasteiger partial charge is 0.480 e. The topological polar surface area (TPSA) is 92.4 Å². The number of anilines is 1. The molecule has 0 heterocycles. The van der Waals surface area contributed by atoms with Crippen molar-refractivity contribution >= 4 is 17.6 Å². The number of hydrogen-bond donors (Lipinski definition) is 3. The minimum atomic E-state index is -1.18. The van der Waals surface area contributed by atoms with Crippen LogP contribution in [0.4, 0.5) is 10.1 Å². The van der Waals surface area contributed by atoms with Crippen LogP contribution in [0.25, 0.3) is 0 Å². The summed E-state index contributed by atoms with van der Waals surface area (Å²) in [5.74, 6) is -2.61. The summed E-state index contributed by atoms with van der Waals surface area (Å²) in [7, 11) is 0. The molecule has 86 valence electrons. The number of halogens is 1. The number of nitrogens with two attached hydrogens (primary N) is 1. The Balaban J connectivity index is 2.89. The van der Waals surface area contributed by atoms with E-state index in [0.717, 1.165) is 6.07 Å². The van der Waals surface area contributed by atoms with E-state index in [-0.39, 0.29) is 11.3 Å². The monoisotopic (exact) mass is 226 g/mol. The Morgan fingerprint density at radius 1 is 1.50 bits per heavy atom. The lowest BCUT2D eigenvalue weighted by atomic mass is 10.1. The number of aliphatic carboxylic acids is 1. The van der Waals surface area contributed by atoms with Crippen LogP contribution in [0.5, 0.6) is 0 Å². The third-order valence-electron chi connectivity index (χ3n) is 2.02. The molecule has 16 heavy (non-hydrogen) atoms. The molecule has 1 aromatic rings. The van der Waals surface area contributed by atoms with Gasteiger partial charge in [0.25, 0.3) is 5.91 Å². The second-order valence-electron chi connectivity index (χ2n) is 3.23. The number of nitrogens with one attached hydrogen (secondary N) is 1. The number of rotatable bonds is 3. The van der Waals surface area contributed by atoms with Gasteiger partial charge in [-0.2, -0.15) is 0 Å². The van der Waals surface area contributed by atoms with Crippen molar-refractivity contribution in [3.63, 3.8) is 0 Å². The van der Waals surface area contributed by atoms with E-state index < -0.39 is 23.7 Å². The number of hydrogen-bond acceptors (Lipinski definition) is 3. The lowest BCUT2D eigenvalue weighted by Crippen LogP contribution is -2.38. The van der Waals surface area contributed by atoms with Crippen LogP contribution in [0.2, 0.25) is 0 Å². The fraction of sp³-hybridized carbons (Fsp3) is 0.200. The molecule has 5 nitrogen and oxygen atoms in total. The maximum atomic E-state index is 13.0. The number of benzene rings is 1. The zero-order valence-corrected chi connectivity index (χ0v) is 8.53. The molecule has 0 saturated heterocycles. The number of para-hydroxylation sites is 1. The smallest absolute Gasteiger partial charge is 0.325 e. The molecule has 1 amide bonds. The number of carboxylic acids is 1. The van der Waals surface area contributed by atoms with Gasteiger partial charge in [0.15, 0.2) is 0 Å². The Kier molecular flexibility index (Phi) is 3.44. The molecule has 0 radical (unpaired) electrons. The van der Waals surface area contributed by atoms with E-state index in [1.54, 1.807) is 0 Å². The molecule has 0 aromatic heterocycles. The molecule has 0 saturated carbocycles. The minimum Gasteiger partial charge on any atom is -0.480 e. The molecule has 0 unspecified atom stereocenters. The first-order chi connectivity index (χ1) is 7.43. The van der Waals surface area contributed by atoms with E-state index in [2.05, 4.69) is 5.32 Å². The molecule has 0 aliphatic heterocycles. The first-order valence-corrected chi connectivity index (χ1v) is 4.51. The van der Waals surface area contributed by atoms with E-state index in [4.69, 9.17) is 10.8 Å². The summed E-state index contributed by atoms with van der Waals surface area (Å²) in [6, 6.07) is 2.70. The van der Waals surface area contributed by atoms with Gasteiger partial charge in [0.2, 0.25) is 0 Å². The summed E-state index contributed by atoms with van der Waals surface area (Å²) in [5, 5.41) is 10.8. The van der Waals surface area contributed by atoms with Gasteiger partial charge in [-0.05, 0) is 19.1 Å². The number of carbonyl (C=O) groups is 2. The Morgan fingerprint density at radius 3 is 2.69 bits per heavy atom. The standard InChI is InChI=1S/C10H11FN2O3/c1-5(10(15)16)13-9(14)6-3-2-4-7(11)8(6)12/h2-5H,12H2,1H3,(H,13,14)(H,15,16)/t5-/m0/s1. The van der Waals surface area contributed by atoms with Gasteiger partial charge in [-0.1, -0.05) is 6.07 Å². The van der Waals surface area contributed by atoms with E-state index in [1.165, 1.54) is 19.1 Å². The van der Waals surface area contributed by atoms with Gasteiger partial charge in [-0.25, -0.2) is 4.39 Å². The molecule has 0 aliphatic carbocycles. The van der Waals surface area contributed by atoms with E-state index in [1.807, 2.05) is 0 Å². The van der Waals surface area contributed by atoms with Crippen molar-refractivity contribution < 1.29 is 19.1 Å². The molecule has 6 heteroatoms. The van der Waals surface area contributed by atoms with E-state index in [9.17, 15) is 14.0 Å². The number of nitrogen functional groups attached to an aromatic ring is 1. The SMILES string of the molecule is C[C@H](NC(=O)c1cccc(F)c1N)C(=O)O. The van der Waals surface area contributed by atoms with Crippen molar-refractivity contribution in [3.05, 3.63) is 29.6 Å². The first kappa shape index (κ1) is 12.0. The molecule has 0 aliphatic rings. The molecule has 4 N–H and O–H groups in total. The van der Waals surface area contributed by atoms with Crippen LogP contribution in [0, 0.1) is 5.82 Å². The average Bonchev–Trinajstić information content (AvgIpc) is 2.21. The first-order valence-electron chi connectivity index (χ1n) is 4.51. The highest BCUT2D eigenvalue weighted by Crippen LogP contribution is 2.15. The summed E-state index contributed by atoms with van der Waals surface area (Å²) in [5.41, 5.74) is 4.98. The predicted molar refractivity (Wildman–Crippen MR) is 55.4 cm³/mol. The molecule has 0 fully saturated rings. The van der Waals surface area contributed by atoms with Crippen molar-refractivity contribution in [3.8, 4) is 0 Å². The van der Waals surface area contributed by atoms with Crippen LogP contribution in [0.15, 0.2) is 18.2 Å². The van der Waals surface area contributed by atoms with Crippen LogP contribution in [0.1, 0.15) is 17.3 Å². The third-order valence-corrected chi connectivity index (χ3v) is 2.02. The van der Waals surface area contributed by atoms with Gasteiger partial charge in [0.05, 0.1) is 11.3 Å². The average molecular weight is 226 g/mol. The maximum absolute atomic E-state index is 13.0. The summed E-state index contributed by atoms with van der Waals surface area (Å²) < 4.78 is 13.0. The predicted octanol–water partition coefficient (Wildman–Crippen LogP) is 0.611. The zero-order valence-electron chi connectivity index (χ0n) is 8.53. The van der Waals surface area contributed by atoms with Crippen LogP contribution >= 0.6 is 0 Å². The van der Waals surface area contributed by atoms with Gasteiger partial charge in [0.1, 0.15) is 11.9 Å². The van der Waals surface area contributed by atoms with Crippen molar-refractivity contribution in [1.29, 1.82) is 0 Å². The number of amides is 1. The normalized spacial score (nSPS) is 11.9. The van der Waals surface area contributed by atoms with Gasteiger partial charge in [-0.15, -0.1) is 0 Å². The summed E-state index contributed by atoms with van der Waals surface area (Å²) in [4.78, 5) is 22.0.